The van der Waals surface area contributed by atoms with Crippen molar-refractivity contribution in [1.29, 1.82) is 0 Å². The molecule has 0 aliphatic carbocycles. The maximum atomic E-state index is 12.4. The van der Waals surface area contributed by atoms with Gasteiger partial charge in [-0.25, -0.2) is 4.79 Å². The molecule has 1 heterocycles. The summed E-state index contributed by atoms with van der Waals surface area (Å²) in [5, 5.41) is 5.79. The Morgan fingerprint density at radius 1 is 1.00 bits per heavy atom. The van der Waals surface area contributed by atoms with E-state index in [1.165, 1.54) is 0 Å². The van der Waals surface area contributed by atoms with Crippen LogP contribution in [0.4, 0.5) is 11.4 Å². The first-order valence-corrected chi connectivity index (χ1v) is 8.62. The number of methoxy groups -OCH3 is 1. The van der Waals surface area contributed by atoms with Crippen molar-refractivity contribution >= 4 is 23.3 Å². The number of carbonyl (C=O) groups excluding carboxylic acids is 2. The summed E-state index contributed by atoms with van der Waals surface area (Å²) in [6, 6.07) is 17.4. The summed E-state index contributed by atoms with van der Waals surface area (Å²) in [7, 11) is 1.56. The molecule has 0 aliphatic heterocycles. The number of benzene rings is 2. The van der Waals surface area contributed by atoms with Crippen molar-refractivity contribution in [2.45, 2.75) is 6.54 Å². The van der Waals surface area contributed by atoms with Crippen LogP contribution in [-0.2, 0) is 16.1 Å². The molecule has 3 aromatic rings. The molecule has 0 aliphatic rings. The summed E-state index contributed by atoms with van der Waals surface area (Å²) in [6.07, 6.45) is 1.58. The van der Waals surface area contributed by atoms with Gasteiger partial charge in [-0.15, -0.1) is 0 Å². The first-order chi connectivity index (χ1) is 13.7. The molecular formula is C21H20N2O5. The number of para-hydroxylation sites is 1. The highest BCUT2D eigenvalue weighted by molar-refractivity contribution is 5.98. The van der Waals surface area contributed by atoms with Crippen LogP contribution in [0.15, 0.2) is 71.3 Å². The summed E-state index contributed by atoms with van der Waals surface area (Å²) >= 11 is 0. The summed E-state index contributed by atoms with van der Waals surface area (Å²) in [6.45, 7) is 0.0344. The minimum absolute atomic E-state index is 0.339. The van der Waals surface area contributed by atoms with E-state index in [2.05, 4.69) is 10.6 Å². The van der Waals surface area contributed by atoms with Crippen molar-refractivity contribution in [3.8, 4) is 5.75 Å². The average molecular weight is 380 g/mol. The number of amides is 1. The SMILES string of the molecule is COc1ccc(NC(=O)COC(=O)c2ccccc2NCc2ccco2)cc1. The van der Waals surface area contributed by atoms with E-state index >= 15 is 0 Å². The van der Waals surface area contributed by atoms with Gasteiger partial charge in [-0.1, -0.05) is 12.1 Å². The maximum Gasteiger partial charge on any atom is 0.340 e. The van der Waals surface area contributed by atoms with Crippen molar-refractivity contribution in [2.24, 2.45) is 0 Å². The zero-order valence-electron chi connectivity index (χ0n) is 15.3. The second-order valence-electron chi connectivity index (χ2n) is 5.83. The van der Waals surface area contributed by atoms with Crippen LogP contribution in [0.25, 0.3) is 0 Å². The molecule has 3 rings (SSSR count). The Hall–Kier alpha value is -3.74. The van der Waals surface area contributed by atoms with E-state index in [0.717, 1.165) is 5.76 Å². The number of hydrogen-bond donors (Lipinski definition) is 2. The van der Waals surface area contributed by atoms with Crippen molar-refractivity contribution in [1.82, 2.24) is 0 Å². The molecule has 0 fully saturated rings. The third kappa shape index (κ3) is 5.14. The molecule has 0 unspecified atom stereocenters. The smallest absolute Gasteiger partial charge is 0.340 e. The largest absolute Gasteiger partial charge is 0.497 e. The second kappa shape index (κ2) is 9.27. The highest BCUT2D eigenvalue weighted by atomic mass is 16.5. The van der Waals surface area contributed by atoms with E-state index < -0.39 is 18.5 Å². The quantitative estimate of drug-likeness (QED) is 0.579. The minimum atomic E-state index is -0.590. The molecule has 0 bridgehead atoms. The first-order valence-electron chi connectivity index (χ1n) is 8.62. The van der Waals surface area contributed by atoms with Gasteiger partial charge in [-0.2, -0.15) is 0 Å². The zero-order chi connectivity index (χ0) is 19.8. The molecule has 0 spiro atoms. The van der Waals surface area contributed by atoms with Gasteiger partial charge in [0.1, 0.15) is 11.5 Å². The number of anilines is 2. The molecular weight excluding hydrogens is 360 g/mol. The van der Waals surface area contributed by atoms with Crippen LogP contribution < -0.4 is 15.4 Å². The molecule has 144 valence electrons. The van der Waals surface area contributed by atoms with Gasteiger partial charge in [-0.05, 0) is 48.5 Å². The molecule has 0 saturated carbocycles. The van der Waals surface area contributed by atoms with Gasteiger partial charge in [-0.3, -0.25) is 4.79 Å². The second-order valence-corrected chi connectivity index (χ2v) is 5.83. The monoisotopic (exact) mass is 380 g/mol. The third-order valence-electron chi connectivity index (χ3n) is 3.89. The average Bonchev–Trinajstić information content (AvgIpc) is 3.25. The predicted octanol–water partition coefficient (Wildman–Crippen LogP) is 3.70. The van der Waals surface area contributed by atoms with Gasteiger partial charge in [0, 0.05) is 11.4 Å². The lowest BCUT2D eigenvalue weighted by molar-refractivity contribution is -0.119. The molecule has 28 heavy (non-hydrogen) atoms. The van der Waals surface area contributed by atoms with E-state index in [1.54, 1.807) is 68.0 Å². The van der Waals surface area contributed by atoms with Crippen molar-refractivity contribution in [2.75, 3.05) is 24.4 Å². The number of ether oxygens (including phenoxy) is 2. The van der Waals surface area contributed by atoms with E-state index in [1.807, 2.05) is 6.07 Å². The lowest BCUT2D eigenvalue weighted by atomic mass is 10.2. The van der Waals surface area contributed by atoms with Crippen LogP contribution >= 0.6 is 0 Å². The Bertz CT molecular complexity index is 920. The van der Waals surface area contributed by atoms with Gasteiger partial charge in [0.2, 0.25) is 0 Å². The van der Waals surface area contributed by atoms with E-state index in [4.69, 9.17) is 13.9 Å². The highest BCUT2D eigenvalue weighted by Gasteiger charge is 2.14. The van der Waals surface area contributed by atoms with Crippen molar-refractivity contribution in [3.05, 3.63) is 78.3 Å². The van der Waals surface area contributed by atoms with E-state index in [-0.39, 0.29) is 0 Å². The van der Waals surface area contributed by atoms with E-state index in [9.17, 15) is 9.59 Å². The summed E-state index contributed by atoms with van der Waals surface area (Å²) in [4.78, 5) is 24.4. The standard InChI is InChI=1S/C21H20N2O5/c1-26-16-10-8-15(9-11-16)23-20(24)14-28-21(25)18-6-2-3-7-19(18)22-13-17-5-4-12-27-17/h2-12,22H,13-14H2,1H3,(H,23,24). The number of rotatable bonds is 8. The first kappa shape index (κ1) is 19.0. The number of furan rings is 1. The van der Waals surface area contributed by atoms with Crippen LogP contribution in [0, 0.1) is 0 Å². The Balaban J connectivity index is 1.54. The number of carbonyl (C=O) groups is 2. The van der Waals surface area contributed by atoms with Gasteiger partial charge in [0.05, 0.1) is 25.5 Å². The molecule has 7 heteroatoms. The minimum Gasteiger partial charge on any atom is -0.497 e. The van der Waals surface area contributed by atoms with Crippen LogP contribution in [-0.4, -0.2) is 25.6 Å². The molecule has 1 amide bonds. The predicted molar refractivity (Wildman–Crippen MR) is 104 cm³/mol. The summed E-state index contributed by atoms with van der Waals surface area (Å²) in [5.74, 6) is 0.400. The Morgan fingerprint density at radius 3 is 2.50 bits per heavy atom. The van der Waals surface area contributed by atoms with Gasteiger partial charge < -0.3 is 24.5 Å². The van der Waals surface area contributed by atoms with Crippen LogP contribution in [0.5, 0.6) is 5.75 Å². The third-order valence-corrected chi connectivity index (χ3v) is 3.89. The fourth-order valence-electron chi connectivity index (χ4n) is 2.49. The number of hydrogen-bond acceptors (Lipinski definition) is 6. The highest BCUT2D eigenvalue weighted by Crippen LogP contribution is 2.18. The fourth-order valence-corrected chi connectivity index (χ4v) is 2.49. The van der Waals surface area contributed by atoms with E-state index in [0.29, 0.717) is 29.2 Å². The van der Waals surface area contributed by atoms with Gasteiger partial charge >= 0.3 is 5.97 Å². The van der Waals surface area contributed by atoms with Gasteiger partial charge in [0.25, 0.3) is 5.91 Å². The Labute approximate surface area is 162 Å². The molecule has 0 saturated heterocycles. The molecule has 0 radical (unpaired) electrons. The summed E-state index contributed by atoms with van der Waals surface area (Å²) in [5.41, 5.74) is 1.52. The van der Waals surface area contributed by atoms with Gasteiger partial charge in [0.15, 0.2) is 6.61 Å². The topological polar surface area (TPSA) is 89.8 Å². The number of nitrogens with one attached hydrogen (secondary N) is 2. The molecule has 2 aromatic carbocycles. The van der Waals surface area contributed by atoms with Crippen LogP contribution in [0.2, 0.25) is 0 Å². The fraction of sp³-hybridized carbons (Fsp3) is 0.143. The molecule has 1 aromatic heterocycles. The Morgan fingerprint density at radius 2 is 1.79 bits per heavy atom. The van der Waals surface area contributed by atoms with Crippen LogP contribution in [0.3, 0.4) is 0 Å². The zero-order valence-corrected chi connectivity index (χ0v) is 15.3. The molecule has 2 N–H and O–H groups in total. The lowest BCUT2D eigenvalue weighted by Gasteiger charge is -2.11. The summed E-state index contributed by atoms with van der Waals surface area (Å²) < 4.78 is 15.5. The molecule has 0 atom stereocenters. The maximum absolute atomic E-state index is 12.4. The lowest BCUT2D eigenvalue weighted by Crippen LogP contribution is -2.21. The van der Waals surface area contributed by atoms with Crippen molar-refractivity contribution in [3.63, 3.8) is 0 Å². The molecule has 7 nitrogen and oxygen atoms in total. The van der Waals surface area contributed by atoms with Crippen molar-refractivity contribution < 1.29 is 23.5 Å². The number of esters is 1. The normalized spacial score (nSPS) is 10.2. The van der Waals surface area contributed by atoms with Crippen LogP contribution in [0.1, 0.15) is 16.1 Å². The Kier molecular flexibility index (Phi) is 6.30.